The summed E-state index contributed by atoms with van der Waals surface area (Å²) in [6.07, 6.45) is 9.70. The zero-order chi connectivity index (χ0) is 19.9. The maximum atomic E-state index is 13.8. The van der Waals surface area contributed by atoms with Crippen molar-refractivity contribution in [3.8, 4) is 5.88 Å². The second-order valence-electron chi connectivity index (χ2n) is 6.71. The molecule has 4 rings (SSSR count). The van der Waals surface area contributed by atoms with E-state index in [1.54, 1.807) is 61.8 Å². The molecule has 1 aliphatic rings. The van der Waals surface area contributed by atoms with Gasteiger partial charge in [-0.3, -0.25) is 0 Å². The van der Waals surface area contributed by atoms with Crippen LogP contribution in [0, 0.1) is 0 Å². The Morgan fingerprint density at radius 1 is 1.21 bits per heavy atom. The Labute approximate surface area is 168 Å². The molecule has 6 nitrogen and oxygen atoms in total. The van der Waals surface area contributed by atoms with Crippen molar-refractivity contribution >= 4 is 32.7 Å². The summed E-state index contributed by atoms with van der Waals surface area (Å²) in [4.78, 5) is 8.38. The Morgan fingerprint density at radius 2 is 2.04 bits per heavy atom. The van der Waals surface area contributed by atoms with Crippen molar-refractivity contribution in [3.63, 3.8) is 0 Å². The quantitative estimate of drug-likeness (QED) is 0.647. The monoisotopic (exact) mass is 415 g/mol. The van der Waals surface area contributed by atoms with Crippen LogP contribution in [0.4, 0.5) is 0 Å². The highest BCUT2D eigenvalue weighted by atomic mass is 35.5. The van der Waals surface area contributed by atoms with Gasteiger partial charge in [0, 0.05) is 41.0 Å². The van der Waals surface area contributed by atoms with E-state index in [0.717, 1.165) is 10.9 Å². The van der Waals surface area contributed by atoms with E-state index >= 15 is 0 Å². The van der Waals surface area contributed by atoms with Crippen LogP contribution >= 0.6 is 11.6 Å². The molecule has 0 fully saturated rings. The molecule has 0 N–H and O–H groups in total. The van der Waals surface area contributed by atoms with Gasteiger partial charge in [-0.25, -0.2) is 22.4 Å². The third-order valence-corrected chi connectivity index (χ3v) is 7.64. The number of methoxy groups -OCH3 is 1. The van der Waals surface area contributed by atoms with Crippen LogP contribution in [0.2, 0.25) is 0 Å². The van der Waals surface area contributed by atoms with Crippen LogP contribution in [-0.2, 0) is 10.0 Å². The minimum absolute atomic E-state index is 0.392. The molecule has 0 saturated heterocycles. The molecule has 144 valence electrons. The minimum atomic E-state index is -3.88. The van der Waals surface area contributed by atoms with E-state index in [0.29, 0.717) is 16.6 Å². The van der Waals surface area contributed by atoms with Crippen LogP contribution in [0.3, 0.4) is 0 Å². The van der Waals surface area contributed by atoms with E-state index in [2.05, 4.69) is 9.97 Å². The van der Waals surface area contributed by atoms with Gasteiger partial charge in [-0.2, -0.15) is 0 Å². The largest absolute Gasteiger partial charge is 0.481 e. The predicted octanol–water partition coefficient (Wildman–Crippen LogP) is 3.85. The van der Waals surface area contributed by atoms with E-state index < -0.39 is 20.7 Å². The normalized spacial score (nSPS) is 22.2. The van der Waals surface area contributed by atoms with Crippen LogP contribution < -0.4 is 4.74 Å². The van der Waals surface area contributed by atoms with Gasteiger partial charge < -0.3 is 4.74 Å². The first-order valence-electron chi connectivity index (χ1n) is 8.60. The lowest BCUT2D eigenvalue weighted by molar-refractivity contribution is 0.396. The molecule has 0 amide bonds. The number of hydrogen-bond acceptors (Lipinski definition) is 5. The number of fused-ring (bicyclic) bond motifs is 1. The van der Waals surface area contributed by atoms with Gasteiger partial charge in [0.2, 0.25) is 15.9 Å². The molecular formula is C20H18ClN3O3S. The Hall–Kier alpha value is -2.64. The fourth-order valence-electron chi connectivity index (χ4n) is 3.48. The summed E-state index contributed by atoms with van der Waals surface area (Å²) in [5.74, 6) is -0.127. The smallest absolute Gasteiger partial charge is 0.250 e. The molecule has 1 aliphatic carbocycles. The fraction of sp³-hybridized carbons (Fsp3) is 0.200. The molecule has 3 aromatic heterocycles. The lowest BCUT2D eigenvalue weighted by Crippen LogP contribution is -2.43. The van der Waals surface area contributed by atoms with Crippen LogP contribution in [-0.4, -0.2) is 34.2 Å². The van der Waals surface area contributed by atoms with Gasteiger partial charge in [0.25, 0.3) is 0 Å². The summed E-state index contributed by atoms with van der Waals surface area (Å²) in [6.45, 7) is 1.69. The van der Waals surface area contributed by atoms with Gasteiger partial charge >= 0.3 is 0 Å². The Morgan fingerprint density at radius 3 is 2.82 bits per heavy atom. The number of pyridine rings is 2. The van der Waals surface area contributed by atoms with Crippen molar-refractivity contribution in [2.45, 2.75) is 17.6 Å². The Kier molecular flexibility index (Phi) is 4.51. The highest BCUT2D eigenvalue weighted by Gasteiger charge is 2.47. The molecule has 2 atom stereocenters. The number of nitrogens with zero attached hydrogens (tertiary/aromatic N) is 3. The molecule has 3 heterocycles. The van der Waals surface area contributed by atoms with Crippen molar-refractivity contribution in [2.24, 2.45) is 0 Å². The van der Waals surface area contributed by atoms with Gasteiger partial charge in [-0.05, 0) is 42.8 Å². The first kappa shape index (κ1) is 18.7. The standard InChI is InChI=1S/C20H18ClN3O3S/c1-20(28(25,26)24-11-7-14-4-3-9-23-19(14)24)8-5-16(21)13-17(20)15-6-10-22-18(12-15)27-2/h3-13,17H,1-2H3. The van der Waals surface area contributed by atoms with E-state index in [1.807, 2.05) is 6.07 Å². The fourth-order valence-corrected chi connectivity index (χ4v) is 5.46. The zero-order valence-corrected chi connectivity index (χ0v) is 16.9. The van der Waals surface area contributed by atoms with Crippen LogP contribution in [0.25, 0.3) is 11.0 Å². The highest BCUT2D eigenvalue weighted by molar-refractivity contribution is 7.91. The summed E-state index contributed by atoms with van der Waals surface area (Å²) in [5, 5.41) is 1.23. The summed E-state index contributed by atoms with van der Waals surface area (Å²) in [6, 6.07) is 8.84. The third kappa shape index (κ3) is 2.82. The average Bonchev–Trinajstić information content (AvgIpc) is 3.14. The molecule has 0 radical (unpaired) electrons. The van der Waals surface area contributed by atoms with E-state index in [-0.39, 0.29) is 0 Å². The number of halogens is 1. The third-order valence-electron chi connectivity index (χ3n) is 5.07. The Balaban J connectivity index is 1.91. The predicted molar refractivity (Wildman–Crippen MR) is 109 cm³/mol. The summed E-state index contributed by atoms with van der Waals surface area (Å²) in [5.41, 5.74) is 1.13. The molecule has 0 spiro atoms. The van der Waals surface area contributed by atoms with Crippen LogP contribution in [0.15, 0.2) is 72.2 Å². The lowest BCUT2D eigenvalue weighted by atomic mass is 9.83. The number of allylic oxidation sites excluding steroid dienone is 3. The second kappa shape index (κ2) is 6.76. The number of hydrogen-bond donors (Lipinski definition) is 0. The molecule has 2 unspecified atom stereocenters. The second-order valence-corrected chi connectivity index (χ2v) is 9.37. The average molecular weight is 416 g/mol. The van der Waals surface area contributed by atoms with Gasteiger partial charge in [0.1, 0.15) is 4.75 Å². The molecule has 28 heavy (non-hydrogen) atoms. The van der Waals surface area contributed by atoms with E-state index in [9.17, 15) is 8.42 Å². The first-order chi connectivity index (χ1) is 13.4. The molecule has 0 bridgehead atoms. The Bertz CT molecular complexity index is 1220. The molecule has 0 saturated carbocycles. The van der Waals surface area contributed by atoms with E-state index in [4.69, 9.17) is 16.3 Å². The van der Waals surface area contributed by atoms with Crippen molar-refractivity contribution in [1.29, 1.82) is 0 Å². The highest BCUT2D eigenvalue weighted by Crippen LogP contribution is 2.43. The van der Waals surface area contributed by atoms with Gasteiger partial charge in [0.15, 0.2) is 5.65 Å². The van der Waals surface area contributed by atoms with Gasteiger partial charge in [-0.1, -0.05) is 23.8 Å². The maximum absolute atomic E-state index is 13.8. The topological polar surface area (TPSA) is 74.1 Å². The molecule has 8 heteroatoms. The minimum Gasteiger partial charge on any atom is -0.481 e. The summed E-state index contributed by atoms with van der Waals surface area (Å²) in [7, 11) is -2.37. The van der Waals surface area contributed by atoms with Crippen molar-refractivity contribution < 1.29 is 13.2 Å². The SMILES string of the molecule is COc1cc(C2C=C(Cl)C=CC2(C)S(=O)(=O)n2ccc3cccnc32)ccn1. The molecule has 0 aliphatic heterocycles. The lowest BCUT2D eigenvalue weighted by Gasteiger charge is -2.35. The number of aromatic nitrogens is 3. The maximum Gasteiger partial charge on any atom is 0.250 e. The van der Waals surface area contributed by atoms with Crippen molar-refractivity contribution in [1.82, 2.24) is 13.9 Å². The van der Waals surface area contributed by atoms with Crippen molar-refractivity contribution in [3.05, 3.63) is 77.7 Å². The number of ether oxygens (including phenoxy) is 1. The zero-order valence-electron chi connectivity index (χ0n) is 15.3. The van der Waals surface area contributed by atoms with Gasteiger partial charge in [0.05, 0.1) is 7.11 Å². The van der Waals surface area contributed by atoms with Gasteiger partial charge in [-0.15, -0.1) is 0 Å². The summed E-state index contributed by atoms with van der Waals surface area (Å²) >= 11 is 6.25. The molecule has 3 aromatic rings. The van der Waals surface area contributed by atoms with Crippen molar-refractivity contribution in [2.75, 3.05) is 7.11 Å². The van der Waals surface area contributed by atoms with Crippen LogP contribution in [0.5, 0.6) is 5.88 Å². The molecular weight excluding hydrogens is 398 g/mol. The van der Waals surface area contributed by atoms with E-state index in [1.165, 1.54) is 17.3 Å². The molecule has 0 aromatic carbocycles. The van der Waals surface area contributed by atoms with Crippen LogP contribution in [0.1, 0.15) is 18.4 Å². The summed E-state index contributed by atoms with van der Waals surface area (Å²) < 4.78 is 32.7. The number of rotatable bonds is 4. The first-order valence-corrected chi connectivity index (χ1v) is 10.4.